The van der Waals surface area contributed by atoms with E-state index in [0.717, 1.165) is 11.3 Å². The van der Waals surface area contributed by atoms with Gasteiger partial charge in [0.2, 0.25) is 0 Å². The zero-order valence-electron chi connectivity index (χ0n) is 7.72. The zero-order chi connectivity index (χ0) is 8.97. The molecule has 0 bridgehead atoms. The van der Waals surface area contributed by atoms with Gasteiger partial charge in [-0.25, -0.2) is 0 Å². The smallest absolute Gasteiger partial charge is 0.287 e. The summed E-state index contributed by atoms with van der Waals surface area (Å²) in [4.78, 5) is 0. The molecule has 1 heterocycles. The molecule has 0 N–H and O–H groups in total. The maximum absolute atomic E-state index is 5.32. The van der Waals surface area contributed by atoms with Gasteiger partial charge in [-0.2, -0.15) is 0 Å². The van der Waals surface area contributed by atoms with E-state index in [1.807, 2.05) is 19.9 Å². The lowest BCUT2D eigenvalue weighted by Gasteiger charge is -1.96. The van der Waals surface area contributed by atoms with E-state index >= 15 is 0 Å². The molecule has 1 aromatic heterocycles. The van der Waals surface area contributed by atoms with Crippen LogP contribution in [0.3, 0.4) is 0 Å². The molecule has 1 rings (SSSR count). The molecule has 1 aromatic rings. The first kappa shape index (κ1) is 9.13. The van der Waals surface area contributed by atoms with E-state index in [1.165, 1.54) is 0 Å². The maximum Gasteiger partial charge on any atom is 0.287 e. The third-order valence-electron chi connectivity index (χ3n) is 1.56. The molecule has 0 aliphatic carbocycles. The van der Waals surface area contributed by atoms with E-state index in [2.05, 4.69) is 0 Å². The zero-order valence-corrected chi connectivity index (χ0v) is 7.72. The van der Waals surface area contributed by atoms with Gasteiger partial charge in [0.15, 0.2) is 0 Å². The van der Waals surface area contributed by atoms with Crippen LogP contribution in [0.4, 0.5) is 0 Å². The van der Waals surface area contributed by atoms with Gasteiger partial charge in [-0.05, 0) is 19.9 Å². The number of hydrogen-bond acceptors (Lipinski definition) is 3. The highest BCUT2D eigenvalue weighted by Gasteiger charge is 2.06. The second-order valence-electron chi connectivity index (χ2n) is 2.52. The average Bonchev–Trinajstić information content (AvgIpc) is 2.43. The van der Waals surface area contributed by atoms with E-state index in [-0.39, 0.29) is 0 Å². The minimum absolute atomic E-state index is 0.515. The van der Waals surface area contributed by atoms with Crippen LogP contribution in [0.5, 0.6) is 5.95 Å². The van der Waals surface area contributed by atoms with Crippen LogP contribution < -0.4 is 4.74 Å². The molecule has 0 saturated carbocycles. The molecular formula is C9H14O3. The molecule has 0 spiro atoms. The average molecular weight is 170 g/mol. The Bertz CT molecular complexity index is 240. The highest BCUT2D eigenvalue weighted by Crippen LogP contribution is 2.22. The van der Waals surface area contributed by atoms with Crippen LogP contribution in [-0.2, 0) is 11.3 Å². The van der Waals surface area contributed by atoms with Crippen molar-refractivity contribution in [3.05, 3.63) is 17.4 Å². The number of aryl methyl sites for hydroxylation is 1. The maximum atomic E-state index is 5.32. The van der Waals surface area contributed by atoms with E-state index in [9.17, 15) is 0 Å². The largest absolute Gasteiger partial charge is 0.468 e. The monoisotopic (exact) mass is 170 g/mol. The molecule has 0 aromatic carbocycles. The van der Waals surface area contributed by atoms with Gasteiger partial charge in [-0.1, -0.05) is 0 Å². The number of hydrogen-bond donors (Lipinski definition) is 0. The van der Waals surface area contributed by atoms with Crippen LogP contribution in [0, 0.1) is 6.92 Å². The Hall–Kier alpha value is -0.960. The molecule has 0 amide bonds. The number of ether oxygens (including phenoxy) is 2. The molecule has 3 heteroatoms. The van der Waals surface area contributed by atoms with Crippen molar-refractivity contribution in [2.45, 2.75) is 20.5 Å². The van der Waals surface area contributed by atoms with E-state index in [0.29, 0.717) is 19.2 Å². The summed E-state index contributed by atoms with van der Waals surface area (Å²) in [6.07, 6.45) is 0. The lowest BCUT2D eigenvalue weighted by atomic mass is 10.3. The molecule has 3 nitrogen and oxygen atoms in total. The summed E-state index contributed by atoms with van der Waals surface area (Å²) in [5, 5.41) is 0. The molecule has 0 aliphatic heterocycles. The number of rotatable bonds is 4. The lowest BCUT2D eigenvalue weighted by Crippen LogP contribution is -1.88. The first-order valence-electron chi connectivity index (χ1n) is 3.99. The first-order chi connectivity index (χ1) is 5.77. The summed E-state index contributed by atoms with van der Waals surface area (Å²) in [6, 6.07) is 1.93. The van der Waals surface area contributed by atoms with Crippen molar-refractivity contribution >= 4 is 0 Å². The summed E-state index contributed by atoms with van der Waals surface area (Å²) in [5.74, 6) is 1.39. The fourth-order valence-corrected chi connectivity index (χ4v) is 1.01. The fraction of sp³-hybridized carbons (Fsp3) is 0.556. The Kier molecular flexibility index (Phi) is 3.17. The van der Waals surface area contributed by atoms with Gasteiger partial charge in [0.05, 0.1) is 7.11 Å². The topological polar surface area (TPSA) is 31.6 Å². The molecule has 0 atom stereocenters. The summed E-state index contributed by atoms with van der Waals surface area (Å²) in [6.45, 7) is 5.10. The lowest BCUT2D eigenvalue weighted by molar-refractivity contribution is 0.114. The number of methoxy groups -OCH3 is 1. The summed E-state index contributed by atoms with van der Waals surface area (Å²) in [5.41, 5.74) is 1.01. The third-order valence-corrected chi connectivity index (χ3v) is 1.56. The van der Waals surface area contributed by atoms with Crippen molar-refractivity contribution in [2.75, 3.05) is 13.7 Å². The van der Waals surface area contributed by atoms with Crippen molar-refractivity contribution in [3.63, 3.8) is 0 Å². The molecular weight excluding hydrogens is 156 g/mol. The molecule has 68 valence electrons. The summed E-state index contributed by atoms with van der Waals surface area (Å²) >= 11 is 0. The van der Waals surface area contributed by atoms with Gasteiger partial charge < -0.3 is 13.9 Å². The van der Waals surface area contributed by atoms with E-state index in [1.54, 1.807) is 7.11 Å². The fourth-order valence-electron chi connectivity index (χ4n) is 1.01. The first-order valence-corrected chi connectivity index (χ1v) is 3.99. The summed E-state index contributed by atoms with van der Waals surface area (Å²) in [7, 11) is 1.59. The second kappa shape index (κ2) is 4.16. The quantitative estimate of drug-likeness (QED) is 0.693. The molecule has 0 fully saturated rings. The highest BCUT2D eigenvalue weighted by atomic mass is 16.6. The summed E-state index contributed by atoms with van der Waals surface area (Å²) < 4.78 is 15.5. The Morgan fingerprint density at radius 1 is 1.50 bits per heavy atom. The number of furan rings is 1. The Balaban J connectivity index is 2.62. The predicted octanol–water partition coefficient (Wildman–Crippen LogP) is 2.13. The van der Waals surface area contributed by atoms with Crippen molar-refractivity contribution < 1.29 is 13.9 Å². The van der Waals surface area contributed by atoms with Crippen LogP contribution >= 0.6 is 0 Å². The van der Waals surface area contributed by atoms with Gasteiger partial charge in [0, 0.05) is 12.2 Å². The molecule has 12 heavy (non-hydrogen) atoms. The Labute approximate surface area is 72.3 Å². The van der Waals surface area contributed by atoms with Crippen LogP contribution in [0.1, 0.15) is 18.2 Å². The van der Waals surface area contributed by atoms with Crippen molar-refractivity contribution in [2.24, 2.45) is 0 Å². The van der Waals surface area contributed by atoms with Gasteiger partial charge in [0.1, 0.15) is 12.4 Å². The molecule has 0 saturated heterocycles. The van der Waals surface area contributed by atoms with Crippen molar-refractivity contribution in [1.29, 1.82) is 0 Å². The van der Waals surface area contributed by atoms with Gasteiger partial charge >= 0.3 is 0 Å². The molecule has 0 unspecified atom stereocenters. The normalized spacial score (nSPS) is 10.2. The third kappa shape index (κ3) is 2.01. The van der Waals surface area contributed by atoms with E-state index < -0.39 is 0 Å². The second-order valence-corrected chi connectivity index (χ2v) is 2.52. The standard InChI is InChI=1S/C9H14O3/c1-4-11-6-8-5-7(2)9(10-3)12-8/h5H,4,6H2,1-3H3. The molecule has 0 aliphatic rings. The van der Waals surface area contributed by atoms with Gasteiger partial charge in [-0.3, -0.25) is 0 Å². The van der Waals surface area contributed by atoms with Crippen LogP contribution in [0.15, 0.2) is 10.5 Å². The van der Waals surface area contributed by atoms with Gasteiger partial charge in [0.25, 0.3) is 5.95 Å². The van der Waals surface area contributed by atoms with Crippen LogP contribution in [0.25, 0.3) is 0 Å². The van der Waals surface area contributed by atoms with Crippen molar-refractivity contribution in [3.8, 4) is 5.95 Å². The highest BCUT2D eigenvalue weighted by molar-refractivity contribution is 5.24. The molecule has 0 radical (unpaired) electrons. The predicted molar refractivity (Wildman–Crippen MR) is 45.3 cm³/mol. The van der Waals surface area contributed by atoms with Crippen molar-refractivity contribution in [1.82, 2.24) is 0 Å². The Morgan fingerprint density at radius 3 is 2.75 bits per heavy atom. The minimum Gasteiger partial charge on any atom is -0.468 e. The van der Waals surface area contributed by atoms with E-state index in [4.69, 9.17) is 13.9 Å². The van der Waals surface area contributed by atoms with Crippen LogP contribution in [-0.4, -0.2) is 13.7 Å². The SMILES string of the molecule is CCOCc1cc(C)c(OC)o1. The Morgan fingerprint density at radius 2 is 2.25 bits per heavy atom. The van der Waals surface area contributed by atoms with Gasteiger partial charge in [-0.15, -0.1) is 0 Å². The van der Waals surface area contributed by atoms with Crippen LogP contribution in [0.2, 0.25) is 0 Å². The minimum atomic E-state index is 0.515.